The molecular weight excluding hydrogens is 290 g/mol. The number of nitrogens with zero attached hydrogens (tertiary/aromatic N) is 3. The van der Waals surface area contributed by atoms with Crippen molar-refractivity contribution >= 4 is 17.3 Å². The summed E-state index contributed by atoms with van der Waals surface area (Å²) in [5, 5.41) is 25.6. The largest absolute Gasteiger partial charge is 0.506 e. The van der Waals surface area contributed by atoms with Crippen molar-refractivity contribution in [2.24, 2.45) is 0 Å². The van der Waals surface area contributed by atoms with Gasteiger partial charge >= 0.3 is 6.55 Å². The highest BCUT2D eigenvalue weighted by atomic mass is 19.3. The number of benzene rings is 1. The number of alkyl halides is 2. The number of carbonyl (C=O) groups is 1. The van der Waals surface area contributed by atoms with Crippen molar-refractivity contribution in [3.8, 4) is 5.75 Å². The minimum absolute atomic E-state index is 0.0998. The van der Waals surface area contributed by atoms with E-state index in [1.807, 2.05) is 0 Å². The third-order valence-corrected chi connectivity index (χ3v) is 2.48. The Morgan fingerprint density at radius 3 is 2.67 bits per heavy atom. The van der Waals surface area contributed by atoms with Gasteiger partial charge in [0.2, 0.25) is 0 Å². The molecule has 0 saturated carbocycles. The van der Waals surface area contributed by atoms with E-state index >= 15 is 0 Å². The van der Waals surface area contributed by atoms with Crippen molar-refractivity contribution in [1.82, 2.24) is 9.78 Å². The van der Waals surface area contributed by atoms with Gasteiger partial charge in [0.15, 0.2) is 5.69 Å². The van der Waals surface area contributed by atoms with Crippen molar-refractivity contribution in [3.63, 3.8) is 0 Å². The number of nitrogens with one attached hydrogen (secondary N) is 1. The molecule has 0 spiro atoms. The predicted molar refractivity (Wildman–Crippen MR) is 66.2 cm³/mol. The SMILES string of the molecule is O=C(Nc1ccc([N+](=O)[O-])cc1O)c1ccn(C(F)F)n1. The normalized spacial score (nSPS) is 10.6. The number of halogens is 2. The lowest BCUT2D eigenvalue weighted by molar-refractivity contribution is -0.384. The van der Waals surface area contributed by atoms with Crippen LogP contribution in [0.15, 0.2) is 30.5 Å². The highest BCUT2D eigenvalue weighted by Crippen LogP contribution is 2.28. The van der Waals surface area contributed by atoms with Gasteiger partial charge in [0.05, 0.1) is 16.7 Å². The highest BCUT2D eigenvalue weighted by Gasteiger charge is 2.16. The van der Waals surface area contributed by atoms with E-state index in [1.54, 1.807) is 0 Å². The third kappa shape index (κ3) is 3.11. The molecule has 1 aromatic heterocycles. The van der Waals surface area contributed by atoms with Crippen LogP contribution in [0.2, 0.25) is 0 Å². The van der Waals surface area contributed by atoms with Gasteiger partial charge in [-0.1, -0.05) is 0 Å². The van der Waals surface area contributed by atoms with Crippen LogP contribution in [0.3, 0.4) is 0 Å². The second-order valence-electron chi connectivity index (χ2n) is 3.87. The maximum Gasteiger partial charge on any atom is 0.333 e. The average Bonchev–Trinajstić information content (AvgIpc) is 2.90. The second-order valence-corrected chi connectivity index (χ2v) is 3.87. The number of amides is 1. The van der Waals surface area contributed by atoms with Gasteiger partial charge < -0.3 is 10.4 Å². The van der Waals surface area contributed by atoms with Crippen LogP contribution in [0, 0.1) is 10.1 Å². The van der Waals surface area contributed by atoms with Crippen LogP contribution < -0.4 is 5.32 Å². The zero-order valence-electron chi connectivity index (χ0n) is 10.2. The standard InChI is InChI=1S/C11H8F2N4O4/c12-11(13)16-4-3-8(15-16)10(19)14-7-2-1-6(17(20)21)5-9(7)18/h1-5,11,18H,(H,14,19). The lowest BCUT2D eigenvalue weighted by Gasteiger charge is -2.05. The van der Waals surface area contributed by atoms with Crippen LogP contribution in [0.5, 0.6) is 5.75 Å². The molecule has 1 heterocycles. The smallest absolute Gasteiger partial charge is 0.333 e. The molecule has 0 bridgehead atoms. The number of phenolic OH excluding ortho intramolecular Hbond substituents is 1. The van der Waals surface area contributed by atoms with Crippen molar-refractivity contribution in [1.29, 1.82) is 0 Å². The van der Waals surface area contributed by atoms with Gasteiger partial charge in [-0.05, 0) is 12.1 Å². The first-order chi connectivity index (χ1) is 9.88. The summed E-state index contributed by atoms with van der Waals surface area (Å²) in [4.78, 5) is 21.5. The average molecular weight is 298 g/mol. The molecule has 0 aliphatic rings. The quantitative estimate of drug-likeness (QED) is 0.510. The Kier molecular flexibility index (Phi) is 3.78. The Hall–Kier alpha value is -3.04. The van der Waals surface area contributed by atoms with E-state index in [1.165, 1.54) is 0 Å². The maximum atomic E-state index is 12.3. The molecule has 0 fully saturated rings. The van der Waals surface area contributed by atoms with E-state index in [0.717, 1.165) is 30.5 Å². The summed E-state index contributed by atoms with van der Waals surface area (Å²) < 4.78 is 24.9. The van der Waals surface area contributed by atoms with Gasteiger partial charge in [0, 0.05) is 12.3 Å². The number of phenols is 1. The fraction of sp³-hybridized carbons (Fsp3) is 0.0909. The molecule has 0 saturated heterocycles. The van der Waals surface area contributed by atoms with E-state index in [9.17, 15) is 28.8 Å². The molecule has 2 N–H and O–H groups in total. The molecule has 1 aromatic carbocycles. The van der Waals surface area contributed by atoms with Crippen molar-refractivity contribution in [2.75, 3.05) is 5.32 Å². The van der Waals surface area contributed by atoms with Gasteiger partial charge in [-0.15, -0.1) is 0 Å². The lowest BCUT2D eigenvalue weighted by Crippen LogP contribution is -2.13. The molecule has 0 atom stereocenters. The van der Waals surface area contributed by atoms with Crippen LogP contribution in [-0.2, 0) is 0 Å². The summed E-state index contributed by atoms with van der Waals surface area (Å²) in [6.07, 6.45) is 0.926. The number of aromatic nitrogens is 2. The minimum atomic E-state index is -2.88. The van der Waals surface area contributed by atoms with Gasteiger partial charge in [-0.2, -0.15) is 13.9 Å². The molecule has 0 aliphatic heterocycles. The maximum absolute atomic E-state index is 12.3. The fourth-order valence-corrected chi connectivity index (χ4v) is 1.49. The van der Waals surface area contributed by atoms with Gasteiger partial charge in [0.1, 0.15) is 5.75 Å². The zero-order chi connectivity index (χ0) is 15.6. The Labute approximate surface area is 115 Å². The number of nitro benzene ring substituents is 1. The first-order valence-electron chi connectivity index (χ1n) is 5.50. The Morgan fingerprint density at radius 2 is 2.14 bits per heavy atom. The molecule has 21 heavy (non-hydrogen) atoms. The number of non-ortho nitro benzene ring substituents is 1. The third-order valence-electron chi connectivity index (χ3n) is 2.48. The highest BCUT2D eigenvalue weighted by molar-refractivity contribution is 6.03. The van der Waals surface area contributed by atoms with E-state index in [0.29, 0.717) is 4.68 Å². The van der Waals surface area contributed by atoms with E-state index < -0.39 is 23.1 Å². The van der Waals surface area contributed by atoms with Crippen molar-refractivity contribution < 1.29 is 23.6 Å². The molecule has 0 aliphatic carbocycles. The summed E-state index contributed by atoms with van der Waals surface area (Å²) >= 11 is 0. The molecule has 2 aromatic rings. The van der Waals surface area contributed by atoms with Crippen LogP contribution >= 0.6 is 0 Å². The zero-order valence-corrected chi connectivity index (χ0v) is 10.2. The minimum Gasteiger partial charge on any atom is -0.506 e. The van der Waals surface area contributed by atoms with Crippen LogP contribution in [0.4, 0.5) is 20.2 Å². The van der Waals surface area contributed by atoms with Crippen molar-refractivity contribution in [3.05, 3.63) is 46.3 Å². The molecular formula is C11H8F2N4O4. The van der Waals surface area contributed by atoms with Crippen molar-refractivity contribution in [2.45, 2.75) is 6.55 Å². The fourth-order valence-electron chi connectivity index (χ4n) is 1.49. The number of hydrogen-bond acceptors (Lipinski definition) is 5. The summed E-state index contributed by atoms with van der Waals surface area (Å²) in [7, 11) is 0. The molecule has 10 heteroatoms. The first-order valence-corrected chi connectivity index (χ1v) is 5.50. The van der Waals surface area contributed by atoms with Gasteiger partial charge in [0.25, 0.3) is 11.6 Å². The number of carbonyl (C=O) groups excluding carboxylic acids is 1. The topological polar surface area (TPSA) is 110 Å². The predicted octanol–water partition coefficient (Wildman–Crippen LogP) is 2.14. The Bertz CT molecular complexity index is 701. The molecule has 1 amide bonds. The number of hydrogen-bond donors (Lipinski definition) is 2. The summed E-state index contributed by atoms with van der Waals surface area (Å²) in [6.45, 7) is -2.88. The first kappa shape index (κ1) is 14.4. The molecule has 2 rings (SSSR count). The molecule has 0 unspecified atom stereocenters. The second kappa shape index (κ2) is 5.53. The van der Waals surface area contributed by atoms with Crippen LogP contribution in [0.25, 0.3) is 0 Å². The molecule has 8 nitrogen and oxygen atoms in total. The van der Waals surface area contributed by atoms with Gasteiger partial charge in [-0.25, -0.2) is 4.68 Å². The van der Waals surface area contributed by atoms with Gasteiger partial charge in [-0.3, -0.25) is 14.9 Å². The molecule has 0 radical (unpaired) electrons. The number of anilines is 1. The number of rotatable bonds is 4. The van der Waals surface area contributed by atoms with E-state index in [-0.39, 0.29) is 17.1 Å². The number of aromatic hydroxyl groups is 1. The Morgan fingerprint density at radius 1 is 1.43 bits per heavy atom. The lowest BCUT2D eigenvalue weighted by atomic mass is 10.2. The van der Waals surface area contributed by atoms with Crippen LogP contribution in [0.1, 0.15) is 17.0 Å². The summed E-state index contributed by atoms with van der Waals surface area (Å²) in [6, 6.07) is 4.12. The Balaban J connectivity index is 2.17. The summed E-state index contributed by atoms with van der Waals surface area (Å²) in [5.74, 6) is -1.36. The van der Waals surface area contributed by atoms with E-state index in [4.69, 9.17) is 0 Å². The monoisotopic (exact) mass is 298 g/mol. The summed E-state index contributed by atoms with van der Waals surface area (Å²) in [5.41, 5.74) is -0.738. The van der Waals surface area contributed by atoms with Crippen LogP contribution in [-0.4, -0.2) is 25.7 Å². The molecule has 110 valence electrons. The number of nitro groups is 1. The van der Waals surface area contributed by atoms with E-state index in [2.05, 4.69) is 10.4 Å².